The van der Waals surface area contributed by atoms with E-state index >= 15 is 0 Å². The number of nitrogens with zero attached hydrogens (tertiary/aromatic N) is 4. The van der Waals surface area contributed by atoms with Crippen LogP contribution in [0.3, 0.4) is 0 Å². The van der Waals surface area contributed by atoms with Gasteiger partial charge in [0.05, 0.1) is 42.2 Å². The summed E-state index contributed by atoms with van der Waals surface area (Å²) >= 11 is 0. The molecule has 1 amide bonds. The van der Waals surface area contributed by atoms with Gasteiger partial charge in [-0.05, 0) is 24.3 Å². The van der Waals surface area contributed by atoms with Crippen molar-refractivity contribution in [2.75, 3.05) is 32.3 Å². The third-order valence-corrected chi connectivity index (χ3v) is 6.24. The lowest BCUT2D eigenvalue weighted by Gasteiger charge is -2.29. The number of hydrogen-bond donors (Lipinski definition) is 0. The Morgan fingerprint density at radius 2 is 1.86 bits per heavy atom. The topological polar surface area (TPSA) is 105 Å². The zero-order chi connectivity index (χ0) is 24.9. The lowest BCUT2D eigenvalue weighted by Crippen LogP contribution is -2.39. The molecule has 0 atom stereocenters. The maximum Gasteiger partial charge on any atom is 0.338 e. The first kappa shape index (κ1) is 22.5. The molecule has 5 rings (SSSR count). The highest BCUT2D eigenvalue weighted by Gasteiger charge is 2.28. The molecule has 1 aliphatic rings. The van der Waals surface area contributed by atoms with Crippen LogP contribution in [0.5, 0.6) is 5.75 Å². The summed E-state index contributed by atoms with van der Waals surface area (Å²) in [6.07, 6.45) is 0. The van der Waals surface area contributed by atoms with E-state index in [9.17, 15) is 14.4 Å². The van der Waals surface area contributed by atoms with Crippen molar-refractivity contribution in [1.82, 2.24) is 14.1 Å². The molecule has 0 radical (unpaired) electrons. The second-order valence-electron chi connectivity index (χ2n) is 8.25. The van der Waals surface area contributed by atoms with Gasteiger partial charge in [-0.25, -0.2) is 9.78 Å². The summed E-state index contributed by atoms with van der Waals surface area (Å²) in [5, 5.41) is 0.955. The Kier molecular flexibility index (Phi) is 5.43. The molecule has 0 unspecified atom stereocenters. The number of benzene rings is 2. The van der Waals surface area contributed by atoms with Gasteiger partial charge in [0.15, 0.2) is 12.4 Å². The zero-order valence-corrected chi connectivity index (χ0v) is 19.8. The number of fused-ring (bicyclic) bond motifs is 1. The van der Waals surface area contributed by atoms with E-state index in [1.54, 1.807) is 24.1 Å². The van der Waals surface area contributed by atoms with Crippen LogP contribution in [0.1, 0.15) is 17.3 Å². The first-order valence-corrected chi connectivity index (χ1v) is 11.0. The molecule has 0 spiro atoms. The minimum atomic E-state index is -0.494. The minimum absolute atomic E-state index is 0.274. The van der Waals surface area contributed by atoms with Gasteiger partial charge in [-0.15, -0.1) is 0 Å². The van der Waals surface area contributed by atoms with Crippen LogP contribution in [0.15, 0.2) is 36.4 Å². The van der Waals surface area contributed by atoms with E-state index < -0.39 is 11.9 Å². The van der Waals surface area contributed by atoms with Crippen LogP contribution in [0.4, 0.5) is 5.69 Å². The molecular weight excluding hydrogens is 452 g/mol. The number of carbonyl (C=O) groups is 3. The van der Waals surface area contributed by atoms with Gasteiger partial charge in [-0.1, -0.05) is 12.1 Å². The van der Waals surface area contributed by atoms with Crippen molar-refractivity contribution in [3.05, 3.63) is 42.0 Å². The van der Waals surface area contributed by atoms with Crippen molar-refractivity contribution in [2.45, 2.75) is 13.5 Å². The number of methoxy groups -OCH3 is 2. The number of para-hydroxylation sites is 1. The van der Waals surface area contributed by atoms with Gasteiger partial charge in [0.2, 0.25) is 0 Å². The fraction of sp³-hybridized carbons (Fsp3) is 0.280. The molecular formula is C25H24N4O6. The SMILES string of the molecule is COC(=O)c1cc(OC)c2c(c1)nc(-c1cc3cccc4c3n1CCN4C(=O)COC(C)=O)n2C. The van der Waals surface area contributed by atoms with Crippen molar-refractivity contribution < 1.29 is 28.6 Å². The van der Waals surface area contributed by atoms with Crippen LogP contribution in [0, 0.1) is 0 Å². The van der Waals surface area contributed by atoms with Crippen LogP contribution in [0.2, 0.25) is 0 Å². The number of rotatable bonds is 5. The first-order chi connectivity index (χ1) is 16.8. The molecule has 0 fully saturated rings. The quantitative estimate of drug-likeness (QED) is 0.408. The van der Waals surface area contributed by atoms with Crippen LogP contribution in [-0.2, 0) is 32.7 Å². The molecule has 4 aromatic rings. The third-order valence-electron chi connectivity index (χ3n) is 6.24. The molecule has 2 aromatic heterocycles. The molecule has 2 aromatic carbocycles. The molecule has 0 saturated heterocycles. The molecule has 0 saturated carbocycles. The Bertz CT molecular complexity index is 1520. The average molecular weight is 476 g/mol. The summed E-state index contributed by atoms with van der Waals surface area (Å²) in [7, 11) is 4.78. The minimum Gasteiger partial charge on any atom is -0.494 e. The standard InChI is InChI=1S/C25H24N4O6/c1-14(30)35-13-21(31)28-8-9-29-19(11-15-6-5-7-18(28)22(15)29)24-26-17-10-16(25(32)34-4)12-20(33-3)23(17)27(24)2/h5-7,10-12H,8-9,13H2,1-4H3. The van der Waals surface area contributed by atoms with Crippen LogP contribution >= 0.6 is 0 Å². The van der Waals surface area contributed by atoms with Crippen LogP contribution < -0.4 is 9.64 Å². The van der Waals surface area contributed by atoms with Crippen LogP contribution in [0.25, 0.3) is 33.5 Å². The highest BCUT2D eigenvalue weighted by Crippen LogP contribution is 2.38. The van der Waals surface area contributed by atoms with Gasteiger partial charge in [0.1, 0.15) is 11.3 Å². The summed E-state index contributed by atoms with van der Waals surface area (Å²) in [5.74, 6) is -0.0237. The predicted octanol–water partition coefficient (Wildman–Crippen LogP) is 2.90. The Hall–Kier alpha value is -4.34. The molecule has 0 N–H and O–H groups in total. The van der Waals surface area contributed by atoms with Crippen LogP contribution in [-0.4, -0.2) is 59.3 Å². The number of anilines is 1. The fourth-order valence-corrected chi connectivity index (χ4v) is 4.69. The highest BCUT2D eigenvalue weighted by atomic mass is 16.5. The van der Waals surface area contributed by atoms with Crippen molar-refractivity contribution in [2.24, 2.45) is 7.05 Å². The Morgan fingerprint density at radius 3 is 2.57 bits per heavy atom. The molecule has 3 heterocycles. The Balaban J connectivity index is 1.65. The monoisotopic (exact) mass is 476 g/mol. The van der Waals surface area contributed by atoms with Crippen molar-refractivity contribution in [3.63, 3.8) is 0 Å². The summed E-state index contributed by atoms with van der Waals surface area (Å²) in [6, 6.07) is 11.1. The van der Waals surface area contributed by atoms with Crippen molar-refractivity contribution in [3.8, 4) is 17.3 Å². The van der Waals surface area contributed by atoms with Gasteiger partial charge < -0.3 is 28.2 Å². The van der Waals surface area contributed by atoms with Crippen molar-refractivity contribution >= 4 is 45.5 Å². The van der Waals surface area contributed by atoms with E-state index in [1.807, 2.05) is 35.9 Å². The van der Waals surface area contributed by atoms with E-state index in [0.717, 1.165) is 27.8 Å². The van der Waals surface area contributed by atoms with Gasteiger partial charge >= 0.3 is 11.9 Å². The summed E-state index contributed by atoms with van der Waals surface area (Å²) in [6.45, 7) is 1.94. The van der Waals surface area contributed by atoms with E-state index in [1.165, 1.54) is 14.0 Å². The molecule has 35 heavy (non-hydrogen) atoms. The van der Waals surface area contributed by atoms with Crippen molar-refractivity contribution in [1.29, 1.82) is 0 Å². The summed E-state index contributed by atoms with van der Waals surface area (Å²) in [5.41, 5.74) is 4.24. The number of hydrogen-bond acceptors (Lipinski definition) is 7. The maximum atomic E-state index is 12.8. The first-order valence-electron chi connectivity index (χ1n) is 11.0. The normalized spacial score (nSPS) is 12.7. The second kappa shape index (κ2) is 8.46. The fourth-order valence-electron chi connectivity index (χ4n) is 4.69. The molecule has 0 aliphatic carbocycles. The molecule has 1 aliphatic heterocycles. The molecule has 0 bridgehead atoms. The van der Waals surface area contributed by atoms with E-state index in [-0.39, 0.29) is 12.5 Å². The van der Waals surface area contributed by atoms with E-state index in [2.05, 4.69) is 4.57 Å². The molecule has 180 valence electrons. The highest BCUT2D eigenvalue weighted by molar-refractivity contribution is 6.06. The smallest absolute Gasteiger partial charge is 0.338 e. The van der Waals surface area contributed by atoms with E-state index in [0.29, 0.717) is 35.7 Å². The Labute approximate surface area is 200 Å². The van der Waals surface area contributed by atoms with Gasteiger partial charge in [0.25, 0.3) is 5.91 Å². The maximum absolute atomic E-state index is 12.8. The number of ether oxygens (including phenoxy) is 3. The predicted molar refractivity (Wildman–Crippen MR) is 129 cm³/mol. The second-order valence-corrected chi connectivity index (χ2v) is 8.25. The van der Waals surface area contributed by atoms with Gasteiger partial charge in [-0.2, -0.15) is 0 Å². The number of amides is 1. The average Bonchev–Trinajstić information content (AvgIpc) is 3.40. The lowest BCUT2D eigenvalue weighted by molar-refractivity contribution is -0.145. The Morgan fingerprint density at radius 1 is 1.06 bits per heavy atom. The number of carbonyl (C=O) groups excluding carboxylic acids is 3. The lowest BCUT2D eigenvalue weighted by atomic mass is 10.2. The number of esters is 2. The van der Waals surface area contributed by atoms with Gasteiger partial charge in [0, 0.05) is 32.4 Å². The number of aromatic nitrogens is 3. The molecule has 10 heteroatoms. The molecule has 10 nitrogen and oxygen atoms in total. The number of aryl methyl sites for hydroxylation is 1. The summed E-state index contributed by atoms with van der Waals surface area (Å²) in [4.78, 5) is 42.6. The third kappa shape index (κ3) is 3.58. The largest absolute Gasteiger partial charge is 0.494 e. The summed E-state index contributed by atoms with van der Waals surface area (Å²) < 4.78 is 19.4. The number of imidazole rings is 1. The van der Waals surface area contributed by atoms with E-state index in [4.69, 9.17) is 19.2 Å². The van der Waals surface area contributed by atoms with Gasteiger partial charge in [-0.3, -0.25) is 9.59 Å². The zero-order valence-electron chi connectivity index (χ0n) is 19.8.